The zero-order chi connectivity index (χ0) is 15.5. The fourth-order valence-electron chi connectivity index (χ4n) is 2.91. The zero-order valence-corrected chi connectivity index (χ0v) is 12.7. The minimum absolute atomic E-state index is 0.0170. The molecule has 1 aliphatic rings. The molecule has 2 rings (SSSR count). The Morgan fingerprint density at radius 2 is 2.19 bits per heavy atom. The highest BCUT2D eigenvalue weighted by atomic mass is 19.1. The number of nitrogens with zero attached hydrogens (tertiary/aromatic N) is 1. The molecule has 1 heterocycles. The second-order valence-electron chi connectivity index (χ2n) is 5.68. The van der Waals surface area contributed by atoms with E-state index in [0.717, 1.165) is 12.0 Å². The van der Waals surface area contributed by atoms with Gasteiger partial charge in [-0.2, -0.15) is 0 Å². The molecule has 0 fully saturated rings. The quantitative estimate of drug-likeness (QED) is 0.701. The lowest BCUT2D eigenvalue weighted by Crippen LogP contribution is -2.35. The fraction of sp³-hybridized carbons (Fsp3) is 0.389. The van der Waals surface area contributed by atoms with E-state index in [4.69, 9.17) is 0 Å². The summed E-state index contributed by atoms with van der Waals surface area (Å²) in [5.41, 5.74) is 1.06. The highest BCUT2D eigenvalue weighted by Gasteiger charge is 2.39. The third kappa shape index (κ3) is 3.12. The van der Waals surface area contributed by atoms with Crippen LogP contribution in [0.1, 0.15) is 32.9 Å². The monoisotopic (exact) mass is 289 g/mol. The molecule has 0 aromatic carbocycles. The predicted molar refractivity (Wildman–Crippen MR) is 82.9 cm³/mol. The van der Waals surface area contributed by atoms with E-state index >= 15 is 0 Å². The summed E-state index contributed by atoms with van der Waals surface area (Å²) in [7, 11) is 0. The van der Waals surface area contributed by atoms with E-state index in [-0.39, 0.29) is 11.7 Å². The van der Waals surface area contributed by atoms with Crippen LogP contribution in [0.5, 0.6) is 0 Å². The second-order valence-corrected chi connectivity index (χ2v) is 5.68. The average molecular weight is 289 g/mol. The van der Waals surface area contributed by atoms with Crippen LogP contribution in [-0.2, 0) is 0 Å². The minimum Gasteiger partial charge on any atom is -0.254 e. The molecule has 3 atom stereocenters. The maximum Gasteiger partial charge on any atom is 0.141 e. The Bertz CT molecular complexity index is 569. The van der Waals surface area contributed by atoms with E-state index in [1.165, 1.54) is 12.3 Å². The van der Waals surface area contributed by atoms with Crippen LogP contribution in [-0.4, -0.2) is 11.2 Å². The summed E-state index contributed by atoms with van der Waals surface area (Å²) in [5.74, 6) is -0.381. The Labute approximate surface area is 125 Å². The van der Waals surface area contributed by atoms with E-state index in [1.807, 2.05) is 44.2 Å². The first kappa shape index (κ1) is 15.6. The third-order valence-electron chi connectivity index (χ3n) is 4.32. The van der Waals surface area contributed by atoms with Gasteiger partial charge in [0.15, 0.2) is 0 Å². The Kier molecular flexibility index (Phi) is 4.71. The van der Waals surface area contributed by atoms with Gasteiger partial charge in [0.05, 0.1) is 11.9 Å². The molecule has 0 N–H and O–H groups in total. The first-order valence-corrected chi connectivity index (χ1v) is 7.25. The van der Waals surface area contributed by atoms with Crippen molar-refractivity contribution in [3.63, 3.8) is 0 Å². The van der Waals surface area contributed by atoms with Gasteiger partial charge < -0.3 is 0 Å². The lowest BCUT2D eigenvalue weighted by Gasteiger charge is -2.38. The minimum atomic E-state index is -0.992. The van der Waals surface area contributed by atoms with Crippen molar-refractivity contribution in [3.8, 4) is 0 Å². The smallest absolute Gasteiger partial charge is 0.141 e. The van der Waals surface area contributed by atoms with Gasteiger partial charge in [0.25, 0.3) is 0 Å². The normalized spacial score (nSPS) is 22.9. The fourth-order valence-corrected chi connectivity index (χ4v) is 2.91. The molecule has 0 radical (unpaired) electrons. The number of hydrogen-bond acceptors (Lipinski definition) is 1. The number of rotatable bonds is 4. The molecule has 21 heavy (non-hydrogen) atoms. The first-order valence-electron chi connectivity index (χ1n) is 7.25. The van der Waals surface area contributed by atoms with Crippen LogP contribution in [0.4, 0.5) is 8.78 Å². The Morgan fingerprint density at radius 1 is 1.43 bits per heavy atom. The van der Waals surface area contributed by atoms with E-state index < -0.39 is 11.6 Å². The van der Waals surface area contributed by atoms with Gasteiger partial charge in [-0.1, -0.05) is 37.3 Å². The summed E-state index contributed by atoms with van der Waals surface area (Å²) in [4.78, 5) is 4.16. The van der Waals surface area contributed by atoms with Crippen molar-refractivity contribution in [3.05, 3.63) is 60.2 Å². The van der Waals surface area contributed by atoms with Gasteiger partial charge in [-0.25, -0.2) is 8.78 Å². The average Bonchev–Trinajstić information content (AvgIpc) is 2.48. The molecule has 1 aromatic rings. The molecule has 1 nitrogen and oxygen atoms in total. The van der Waals surface area contributed by atoms with Crippen molar-refractivity contribution in [1.82, 2.24) is 4.98 Å². The second kappa shape index (κ2) is 6.33. The Morgan fingerprint density at radius 3 is 2.76 bits per heavy atom. The molecule has 0 amide bonds. The number of allylic oxidation sites excluding steroid dienone is 6. The summed E-state index contributed by atoms with van der Waals surface area (Å²) in [6.45, 7) is 5.42. The largest absolute Gasteiger partial charge is 0.254 e. The van der Waals surface area contributed by atoms with Gasteiger partial charge in [-0.15, -0.1) is 0 Å². The maximum atomic E-state index is 14.3. The molecule has 0 saturated carbocycles. The van der Waals surface area contributed by atoms with Crippen molar-refractivity contribution in [2.75, 3.05) is 0 Å². The lowest BCUT2D eigenvalue weighted by atomic mass is 9.67. The molecular formula is C18H21F2N. The molecule has 0 bridgehead atoms. The Hall–Kier alpha value is -1.77. The zero-order valence-electron chi connectivity index (χ0n) is 12.7. The van der Waals surface area contributed by atoms with Crippen molar-refractivity contribution in [2.24, 2.45) is 11.3 Å². The molecule has 0 saturated heterocycles. The number of aromatic nitrogens is 1. The molecule has 1 aromatic heterocycles. The van der Waals surface area contributed by atoms with Gasteiger partial charge >= 0.3 is 0 Å². The van der Waals surface area contributed by atoms with Gasteiger partial charge in [0.1, 0.15) is 12.0 Å². The van der Waals surface area contributed by atoms with Crippen LogP contribution in [0.3, 0.4) is 0 Å². The summed E-state index contributed by atoms with van der Waals surface area (Å²) >= 11 is 0. The summed E-state index contributed by atoms with van der Waals surface area (Å²) < 4.78 is 27.4. The van der Waals surface area contributed by atoms with Crippen molar-refractivity contribution < 1.29 is 8.78 Å². The van der Waals surface area contributed by atoms with Crippen LogP contribution in [0, 0.1) is 17.2 Å². The van der Waals surface area contributed by atoms with Crippen molar-refractivity contribution in [2.45, 2.75) is 33.4 Å². The first-order chi connectivity index (χ1) is 9.99. The van der Waals surface area contributed by atoms with E-state index in [9.17, 15) is 8.78 Å². The topological polar surface area (TPSA) is 12.9 Å². The van der Waals surface area contributed by atoms with Crippen molar-refractivity contribution >= 4 is 5.57 Å². The summed E-state index contributed by atoms with van der Waals surface area (Å²) in [5, 5.41) is 0. The van der Waals surface area contributed by atoms with Gasteiger partial charge in [-0.05, 0) is 38.0 Å². The lowest BCUT2D eigenvalue weighted by molar-refractivity contribution is 0.147. The number of pyridine rings is 1. The highest BCUT2D eigenvalue weighted by Crippen LogP contribution is 2.45. The van der Waals surface area contributed by atoms with Crippen LogP contribution in [0.25, 0.3) is 5.57 Å². The third-order valence-corrected chi connectivity index (χ3v) is 4.32. The van der Waals surface area contributed by atoms with Crippen LogP contribution >= 0.6 is 0 Å². The van der Waals surface area contributed by atoms with E-state index in [2.05, 4.69) is 4.98 Å². The van der Waals surface area contributed by atoms with Gasteiger partial charge in [0.2, 0.25) is 0 Å². The molecule has 3 heteroatoms. The molecular weight excluding hydrogens is 268 g/mol. The van der Waals surface area contributed by atoms with Crippen LogP contribution in [0.2, 0.25) is 0 Å². The SMILES string of the molecule is CC=CC(C)(C(C)F)C1CC=CC=C1c1ccc(F)cn1. The van der Waals surface area contributed by atoms with Crippen LogP contribution in [0.15, 0.2) is 48.7 Å². The highest BCUT2D eigenvalue weighted by molar-refractivity contribution is 5.68. The number of hydrogen-bond donors (Lipinski definition) is 0. The van der Waals surface area contributed by atoms with E-state index in [0.29, 0.717) is 5.69 Å². The molecule has 0 spiro atoms. The summed E-state index contributed by atoms with van der Waals surface area (Å²) in [6.07, 6.45) is 10.7. The number of halogens is 2. The standard InChI is InChI=1S/C18H21F2N/c1-4-11-18(3,13(2)19)16-8-6-5-7-15(16)17-10-9-14(20)12-21-17/h4-7,9-13,16H,8H2,1-3H3. The molecule has 0 aliphatic heterocycles. The molecule has 3 unspecified atom stereocenters. The van der Waals surface area contributed by atoms with Gasteiger partial charge in [0, 0.05) is 11.3 Å². The molecule has 1 aliphatic carbocycles. The van der Waals surface area contributed by atoms with Crippen molar-refractivity contribution in [1.29, 1.82) is 0 Å². The predicted octanol–water partition coefficient (Wildman–Crippen LogP) is 5.12. The molecule has 112 valence electrons. The van der Waals surface area contributed by atoms with Gasteiger partial charge in [-0.3, -0.25) is 4.98 Å². The van der Waals surface area contributed by atoms with Crippen LogP contribution < -0.4 is 0 Å². The van der Waals surface area contributed by atoms with E-state index in [1.54, 1.807) is 13.0 Å². The Balaban J connectivity index is 2.45. The summed E-state index contributed by atoms with van der Waals surface area (Å²) in [6, 6.07) is 3.05. The maximum absolute atomic E-state index is 14.3. The number of alkyl halides is 1.